The van der Waals surface area contributed by atoms with Crippen molar-refractivity contribution in [1.29, 1.82) is 0 Å². The Bertz CT molecular complexity index is 644. The van der Waals surface area contributed by atoms with Crippen LogP contribution < -0.4 is 5.32 Å². The summed E-state index contributed by atoms with van der Waals surface area (Å²) in [4.78, 5) is 12.5. The first kappa shape index (κ1) is 17.0. The van der Waals surface area contributed by atoms with E-state index in [-0.39, 0.29) is 16.4 Å². The van der Waals surface area contributed by atoms with E-state index in [0.717, 1.165) is 15.0 Å². The number of carbonyl (C=O) groups excluding carboxylic acids is 1. The molecule has 0 bridgehead atoms. The zero-order valence-corrected chi connectivity index (χ0v) is 15.1. The van der Waals surface area contributed by atoms with Gasteiger partial charge in [-0.05, 0) is 17.9 Å². The van der Waals surface area contributed by atoms with Gasteiger partial charge in [-0.3, -0.25) is 4.79 Å². The fraction of sp³-hybridized carbons (Fsp3) is 0.438. The monoisotopic (exact) mass is 335 g/mol. The van der Waals surface area contributed by atoms with E-state index in [9.17, 15) is 4.79 Å². The first-order valence-electron chi connectivity index (χ1n) is 7.14. The molecule has 0 radical (unpaired) electrons. The number of rotatable bonds is 5. The molecule has 4 nitrogen and oxygen atoms in total. The summed E-state index contributed by atoms with van der Waals surface area (Å²) >= 11 is 2.90. The zero-order chi connectivity index (χ0) is 16.3. The van der Waals surface area contributed by atoms with Gasteiger partial charge in [0.25, 0.3) is 0 Å². The summed E-state index contributed by atoms with van der Waals surface area (Å²) < 4.78 is 0.802. The molecule has 0 saturated heterocycles. The highest BCUT2D eigenvalue weighted by Gasteiger charge is 2.20. The van der Waals surface area contributed by atoms with E-state index in [1.54, 1.807) is 7.05 Å². The van der Waals surface area contributed by atoms with Crippen molar-refractivity contribution < 1.29 is 4.79 Å². The van der Waals surface area contributed by atoms with Gasteiger partial charge in [0, 0.05) is 12.6 Å². The molecule has 0 aliphatic heterocycles. The molecule has 0 saturated carbocycles. The van der Waals surface area contributed by atoms with Crippen LogP contribution in [-0.2, 0) is 5.41 Å². The number of aromatic nitrogens is 2. The van der Waals surface area contributed by atoms with Crippen LogP contribution in [0, 0.1) is 0 Å². The average molecular weight is 335 g/mol. The first-order valence-corrected chi connectivity index (χ1v) is 8.83. The lowest BCUT2D eigenvalue weighted by Gasteiger charge is -2.19. The number of nitrogens with zero attached hydrogens (tertiary/aromatic N) is 2. The van der Waals surface area contributed by atoms with Crippen molar-refractivity contribution in [2.75, 3.05) is 12.4 Å². The van der Waals surface area contributed by atoms with E-state index in [4.69, 9.17) is 0 Å². The molecule has 2 rings (SSSR count). The van der Waals surface area contributed by atoms with Crippen LogP contribution >= 0.6 is 23.1 Å². The predicted octanol–water partition coefficient (Wildman–Crippen LogP) is 4.24. The van der Waals surface area contributed by atoms with Gasteiger partial charge in [0.15, 0.2) is 10.1 Å². The number of hydrogen-bond donors (Lipinski definition) is 1. The molecular formula is C16H21N3OS2. The van der Waals surface area contributed by atoms with Gasteiger partial charge in [-0.25, -0.2) is 0 Å². The van der Waals surface area contributed by atoms with Crippen LogP contribution in [0.4, 0.5) is 5.13 Å². The quantitative estimate of drug-likeness (QED) is 0.654. The molecule has 0 unspecified atom stereocenters. The third kappa shape index (κ3) is 4.08. The molecule has 1 N–H and O–H groups in total. The molecule has 1 atom stereocenters. The predicted molar refractivity (Wildman–Crippen MR) is 94.2 cm³/mol. The van der Waals surface area contributed by atoms with Crippen molar-refractivity contribution in [2.45, 2.75) is 42.7 Å². The smallest absolute Gasteiger partial charge is 0.206 e. The van der Waals surface area contributed by atoms with E-state index < -0.39 is 0 Å². The third-order valence-corrected chi connectivity index (χ3v) is 5.43. The standard InChI is InChI=1S/C16H21N3OS2/c1-10(21-15-19-18-14(17-5)22-15)13(20)11-6-8-12(9-7-11)16(2,3)4/h6-10H,1-5H3,(H,17,18)/t10-/m0/s1. The second kappa shape index (κ2) is 6.79. The highest BCUT2D eigenvalue weighted by Crippen LogP contribution is 2.30. The van der Waals surface area contributed by atoms with Crippen LogP contribution in [-0.4, -0.2) is 28.3 Å². The minimum Gasteiger partial charge on any atom is -0.363 e. The lowest BCUT2D eigenvalue weighted by atomic mass is 9.86. The maximum Gasteiger partial charge on any atom is 0.206 e. The zero-order valence-electron chi connectivity index (χ0n) is 13.5. The van der Waals surface area contributed by atoms with Crippen molar-refractivity contribution in [3.8, 4) is 0 Å². The fourth-order valence-electron chi connectivity index (χ4n) is 1.93. The first-order chi connectivity index (χ1) is 10.3. The SMILES string of the molecule is CNc1nnc(S[C@@H](C)C(=O)c2ccc(C(C)(C)C)cc2)s1. The number of nitrogens with one attached hydrogen (secondary N) is 1. The molecular weight excluding hydrogens is 314 g/mol. The second-order valence-corrected chi connectivity index (χ2v) is 8.64. The number of thioether (sulfide) groups is 1. The average Bonchev–Trinajstić information content (AvgIpc) is 2.93. The maximum atomic E-state index is 12.5. The van der Waals surface area contributed by atoms with Crippen molar-refractivity contribution >= 4 is 34.0 Å². The van der Waals surface area contributed by atoms with Crippen LogP contribution in [0.1, 0.15) is 43.6 Å². The third-order valence-electron chi connectivity index (χ3n) is 3.30. The molecule has 1 aromatic carbocycles. The fourth-order valence-corrected chi connectivity index (χ4v) is 3.86. The summed E-state index contributed by atoms with van der Waals surface area (Å²) in [6.07, 6.45) is 0. The Balaban J connectivity index is 2.06. The number of ketones is 1. The van der Waals surface area contributed by atoms with Crippen molar-refractivity contribution in [1.82, 2.24) is 10.2 Å². The largest absolute Gasteiger partial charge is 0.363 e. The number of anilines is 1. The number of carbonyl (C=O) groups is 1. The summed E-state index contributed by atoms with van der Waals surface area (Å²) in [5, 5.41) is 11.6. The Labute approximate surface area is 139 Å². The van der Waals surface area contributed by atoms with E-state index in [1.165, 1.54) is 28.7 Å². The Hall–Kier alpha value is -1.40. The molecule has 0 aliphatic carbocycles. The van der Waals surface area contributed by atoms with Gasteiger partial charge in [-0.15, -0.1) is 10.2 Å². The summed E-state index contributed by atoms with van der Waals surface area (Å²) in [5.74, 6) is 0.117. The summed E-state index contributed by atoms with van der Waals surface area (Å²) in [6, 6.07) is 7.90. The molecule has 0 aliphatic rings. The van der Waals surface area contributed by atoms with Crippen LogP contribution in [0.25, 0.3) is 0 Å². The van der Waals surface area contributed by atoms with Gasteiger partial charge in [0.2, 0.25) is 5.13 Å². The maximum absolute atomic E-state index is 12.5. The van der Waals surface area contributed by atoms with Crippen molar-refractivity contribution in [3.05, 3.63) is 35.4 Å². The minimum absolute atomic E-state index is 0.0953. The molecule has 2 aromatic rings. The molecule has 22 heavy (non-hydrogen) atoms. The number of hydrogen-bond acceptors (Lipinski definition) is 6. The summed E-state index contributed by atoms with van der Waals surface area (Å²) in [5.41, 5.74) is 2.07. The Morgan fingerprint density at radius 1 is 1.23 bits per heavy atom. The molecule has 1 heterocycles. The van der Waals surface area contributed by atoms with Crippen LogP contribution in [0.5, 0.6) is 0 Å². The Kier molecular flexibility index (Phi) is 5.24. The minimum atomic E-state index is -0.182. The normalized spacial score (nSPS) is 13.0. The Morgan fingerprint density at radius 2 is 1.86 bits per heavy atom. The van der Waals surface area contributed by atoms with Gasteiger partial charge in [-0.2, -0.15) is 0 Å². The van der Waals surface area contributed by atoms with Crippen LogP contribution in [0.3, 0.4) is 0 Å². The topological polar surface area (TPSA) is 54.9 Å². The lowest BCUT2D eigenvalue weighted by Crippen LogP contribution is -2.15. The van der Waals surface area contributed by atoms with Crippen LogP contribution in [0.15, 0.2) is 28.6 Å². The van der Waals surface area contributed by atoms with Gasteiger partial charge in [0.05, 0.1) is 5.25 Å². The van der Waals surface area contributed by atoms with Gasteiger partial charge in [-0.1, -0.05) is 68.1 Å². The van der Waals surface area contributed by atoms with Crippen LogP contribution in [0.2, 0.25) is 0 Å². The van der Waals surface area contributed by atoms with E-state index in [0.29, 0.717) is 0 Å². The van der Waals surface area contributed by atoms with E-state index in [1.807, 2.05) is 31.2 Å². The number of benzene rings is 1. The number of Topliss-reactive ketones (excluding diaryl/α,β-unsaturated/α-hetero) is 1. The van der Waals surface area contributed by atoms with E-state index in [2.05, 4.69) is 36.3 Å². The molecule has 0 fully saturated rings. The molecule has 6 heteroatoms. The van der Waals surface area contributed by atoms with Crippen molar-refractivity contribution in [3.63, 3.8) is 0 Å². The van der Waals surface area contributed by atoms with E-state index >= 15 is 0 Å². The molecule has 118 valence electrons. The van der Waals surface area contributed by atoms with Gasteiger partial charge in [0.1, 0.15) is 0 Å². The highest BCUT2D eigenvalue weighted by atomic mass is 32.2. The second-order valence-electron chi connectivity index (χ2n) is 6.07. The lowest BCUT2D eigenvalue weighted by molar-refractivity contribution is 0.0994. The Morgan fingerprint density at radius 3 is 2.36 bits per heavy atom. The van der Waals surface area contributed by atoms with Gasteiger partial charge >= 0.3 is 0 Å². The molecule has 0 spiro atoms. The molecule has 1 aromatic heterocycles. The summed E-state index contributed by atoms with van der Waals surface area (Å²) in [7, 11) is 1.81. The van der Waals surface area contributed by atoms with Crippen molar-refractivity contribution in [2.24, 2.45) is 0 Å². The van der Waals surface area contributed by atoms with Gasteiger partial charge < -0.3 is 5.32 Å². The highest BCUT2D eigenvalue weighted by molar-refractivity contribution is 8.02. The summed E-state index contributed by atoms with van der Waals surface area (Å²) in [6.45, 7) is 8.40. The molecule has 0 amide bonds.